The fourth-order valence-electron chi connectivity index (χ4n) is 1.58. The minimum absolute atomic E-state index is 0.0693. The molecule has 0 spiro atoms. The van der Waals surface area contributed by atoms with Crippen molar-refractivity contribution >= 4 is 19.9 Å². The summed E-state index contributed by atoms with van der Waals surface area (Å²) in [7, 11) is -1.56. The van der Waals surface area contributed by atoms with E-state index in [2.05, 4.69) is 31.1 Å². The largest absolute Gasteiger partial charge is 0.351 e. The summed E-state index contributed by atoms with van der Waals surface area (Å²) in [6, 6.07) is 0. The normalized spacial score (nSPS) is 19.3. The van der Waals surface area contributed by atoms with Gasteiger partial charge in [-0.2, -0.15) is 0 Å². The van der Waals surface area contributed by atoms with E-state index in [1.165, 1.54) is 6.92 Å². The molecule has 0 aromatic rings. The molecule has 4 nitrogen and oxygen atoms in total. The summed E-state index contributed by atoms with van der Waals surface area (Å²) in [6.07, 6.45) is 0.938. The Hall–Kier alpha value is -1.38. The summed E-state index contributed by atoms with van der Waals surface area (Å²) in [5.74, 6) is 2.23. The zero-order valence-corrected chi connectivity index (χ0v) is 13.4. The predicted octanol–water partition coefficient (Wildman–Crippen LogP) is 1.93. The van der Waals surface area contributed by atoms with Gasteiger partial charge in [0.25, 0.3) is 5.91 Å². The van der Waals surface area contributed by atoms with Gasteiger partial charge in [-0.25, -0.2) is 4.90 Å². The predicted molar refractivity (Wildman–Crippen MR) is 76.7 cm³/mol. The van der Waals surface area contributed by atoms with Crippen LogP contribution in [-0.2, 0) is 14.3 Å². The highest BCUT2D eigenvalue weighted by Gasteiger charge is 2.35. The second kappa shape index (κ2) is 5.72. The van der Waals surface area contributed by atoms with Gasteiger partial charge in [-0.1, -0.05) is 25.6 Å². The Balaban J connectivity index is 3.02. The Kier molecular flexibility index (Phi) is 4.72. The molecule has 19 heavy (non-hydrogen) atoms. The van der Waals surface area contributed by atoms with Gasteiger partial charge in [-0.3, -0.25) is 9.59 Å². The molecule has 104 valence electrons. The Morgan fingerprint density at radius 3 is 2.42 bits per heavy atom. The third-order valence-corrected chi connectivity index (χ3v) is 3.21. The smallest absolute Gasteiger partial charge is 0.271 e. The minimum atomic E-state index is -1.56. The molecule has 0 aromatic carbocycles. The topological polar surface area (TPSA) is 46.6 Å². The number of carbonyl (C=O) groups is 2. The van der Waals surface area contributed by atoms with E-state index in [-0.39, 0.29) is 17.9 Å². The molecule has 0 aromatic heterocycles. The van der Waals surface area contributed by atoms with Gasteiger partial charge in [0.2, 0.25) is 5.91 Å². The Labute approximate surface area is 115 Å². The second-order valence-electron chi connectivity index (χ2n) is 5.85. The van der Waals surface area contributed by atoms with Crippen molar-refractivity contribution in [3.8, 4) is 11.5 Å². The van der Waals surface area contributed by atoms with Gasteiger partial charge < -0.3 is 4.74 Å². The lowest BCUT2D eigenvalue weighted by Gasteiger charge is -2.23. The van der Waals surface area contributed by atoms with Crippen LogP contribution in [0, 0.1) is 11.5 Å². The molecule has 0 N–H and O–H groups in total. The van der Waals surface area contributed by atoms with Crippen LogP contribution in [0.5, 0.6) is 0 Å². The number of rotatable bonds is 2. The van der Waals surface area contributed by atoms with Crippen LogP contribution in [0.1, 0.15) is 20.8 Å². The van der Waals surface area contributed by atoms with E-state index < -0.39 is 14.3 Å². The van der Waals surface area contributed by atoms with E-state index >= 15 is 0 Å². The van der Waals surface area contributed by atoms with E-state index in [4.69, 9.17) is 4.74 Å². The van der Waals surface area contributed by atoms with Gasteiger partial charge in [-0.15, -0.1) is 5.54 Å². The third-order valence-electron chi connectivity index (χ3n) is 2.34. The van der Waals surface area contributed by atoms with Crippen LogP contribution in [0.25, 0.3) is 0 Å². The van der Waals surface area contributed by atoms with Gasteiger partial charge in [-0.05, 0) is 19.9 Å². The molecule has 1 atom stereocenters. The molecule has 0 radical (unpaired) electrons. The van der Waals surface area contributed by atoms with Gasteiger partial charge in [0, 0.05) is 6.92 Å². The molecular formula is C14H21NO3Si. The first kappa shape index (κ1) is 15.7. The number of ether oxygens (including phenoxy) is 1. The van der Waals surface area contributed by atoms with Gasteiger partial charge >= 0.3 is 0 Å². The van der Waals surface area contributed by atoms with Crippen LogP contribution in [0.3, 0.4) is 0 Å². The maximum absolute atomic E-state index is 12.1. The maximum atomic E-state index is 12.1. The van der Waals surface area contributed by atoms with Gasteiger partial charge in [0.1, 0.15) is 8.07 Å². The minimum Gasteiger partial charge on any atom is -0.351 e. The zero-order valence-electron chi connectivity index (χ0n) is 12.4. The molecule has 1 heterocycles. The Morgan fingerprint density at radius 1 is 1.42 bits per heavy atom. The molecule has 1 rings (SSSR count). The zero-order chi connectivity index (χ0) is 14.8. The summed E-state index contributed by atoms with van der Waals surface area (Å²) in [5.41, 5.74) is 3.50. The summed E-state index contributed by atoms with van der Waals surface area (Å²) in [4.78, 5) is 24.8. The van der Waals surface area contributed by atoms with E-state index in [1.807, 2.05) is 13.8 Å². The Morgan fingerprint density at radius 2 is 2.00 bits per heavy atom. The highest BCUT2D eigenvalue weighted by Crippen LogP contribution is 2.20. The number of imide groups is 1. The first-order valence-electron chi connectivity index (χ1n) is 6.36. The van der Waals surface area contributed by atoms with Crippen molar-refractivity contribution in [2.45, 2.75) is 52.7 Å². The highest BCUT2D eigenvalue weighted by molar-refractivity contribution is 6.83. The molecule has 0 saturated carbocycles. The first-order valence-corrected chi connectivity index (χ1v) is 9.86. The lowest BCUT2D eigenvalue weighted by molar-refractivity contribution is -0.152. The van der Waals surface area contributed by atoms with Crippen molar-refractivity contribution in [2.24, 2.45) is 0 Å². The molecule has 2 amide bonds. The van der Waals surface area contributed by atoms with Crippen LogP contribution < -0.4 is 0 Å². The lowest BCUT2D eigenvalue weighted by Crippen LogP contribution is -2.40. The lowest BCUT2D eigenvalue weighted by atomic mass is 10.3. The van der Waals surface area contributed by atoms with Crippen LogP contribution >= 0.6 is 0 Å². The summed E-state index contributed by atoms with van der Waals surface area (Å²) in [6.45, 7) is 11.4. The standard InChI is InChI=1S/C14H21NO3Si/c1-10(2)18-13-9-12(7-8-19(4,5)6)14(17)15(13)11(3)16/h9-10,13H,1-6H3/t13-/m0/s1. The summed E-state index contributed by atoms with van der Waals surface area (Å²) >= 11 is 0. The van der Waals surface area contributed by atoms with Crippen molar-refractivity contribution in [1.29, 1.82) is 0 Å². The molecule has 0 unspecified atom stereocenters. The van der Waals surface area contributed by atoms with Crippen molar-refractivity contribution in [2.75, 3.05) is 0 Å². The molecule has 1 aliphatic rings. The monoisotopic (exact) mass is 279 g/mol. The SMILES string of the molecule is CC(=O)N1C(=O)C(C#C[Si](C)(C)C)=C[C@@H]1OC(C)C. The quantitative estimate of drug-likeness (QED) is 0.573. The molecule has 0 fully saturated rings. The fraction of sp³-hybridized carbons (Fsp3) is 0.571. The number of amides is 2. The molecule has 1 aliphatic heterocycles. The summed E-state index contributed by atoms with van der Waals surface area (Å²) in [5, 5.41) is 0. The van der Waals surface area contributed by atoms with E-state index in [0.717, 1.165) is 4.90 Å². The average Bonchev–Trinajstić information content (AvgIpc) is 2.50. The van der Waals surface area contributed by atoms with Crippen LogP contribution in [0.15, 0.2) is 11.6 Å². The molecule has 5 heteroatoms. The van der Waals surface area contributed by atoms with Gasteiger partial charge in [0.15, 0.2) is 6.23 Å². The number of carbonyl (C=O) groups excluding carboxylic acids is 2. The molecule has 0 aliphatic carbocycles. The third kappa shape index (κ3) is 4.34. The van der Waals surface area contributed by atoms with Crippen molar-refractivity contribution in [1.82, 2.24) is 4.90 Å². The molecule has 0 saturated heterocycles. The van der Waals surface area contributed by atoms with E-state index in [0.29, 0.717) is 5.57 Å². The first-order chi connectivity index (χ1) is 8.61. The van der Waals surface area contributed by atoms with Crippen LogP contribution in [0.2, 0.25) is 19.6 Å². The number of hydrogen-bond acceptors (Lipinski definition) is 3. The average molecular weight is 279 g/mol. The van der Waals surface area contributed by atoms with E-state index in [9.17, 15) is 9.59 Å². The van der Waals surface area contributed by atoms with E-state index in [1.54, 1.807) is 6.08 Å². The second-order valence-corrected chi connectivity index (χ2v) is 10.6. The fourth-order valence-corrected chi connectivity index (χ4v) is 2.09. The molecule has 0 bridgehead atoms. The number of hydrogen-bond donors (Lipinski definition) is 0. The Bertz CT molecular complexity index is 477. The van der Waals surface area contributed by atoms with Crippen molar-refractivity contribution < 1.29 is 14.3 Å². The van der Waals surface area contributed by atoms with Crippen molar-refractivity contribution in [3.05, 3.63) is 11.6 Å². The summed E-state index contributed by atoms with van der Waals surface area (Å²) < 4.78 is 5.57. The number of nitrogens with zero attached hydrogens (tertiary/aromatic N) is 1. The van der Waals surface area contributed by atoms with Crippen LogP contribution in [0.4, 0.5) is 0 Å². The van der Waals surface area contributed by atoms with Crippen molar-refractivity contribution in [3.63, 3.8) is 0 Å². The van der Waals surface area contributed by atoms with Gasteiger partial charge in [0.05, 0.1) is 11.7 Å². The molecular weight excluding hydrogens is 258 g/mol. The van der Waals surface area contributed by atoms with Crippen LogP contribution in [-0.4, -0.2) is 37.1 Å². The maximum Gasteiger partial charge on any atom is 0.271 e. The highest BCUT2D eigenvalue weighted by atomic mass is 28.3.